The van der Waals surface area contributed by atoms with Crippen molar-refractivity contribution in [1.29, 1.82) is 0 Å². The third-order valence-electron chi connectivity index (χ3n) is 6.68. The lowest BCUT2D eigenvalue weighted by Crippen LogP contribution is -2.42. The first kappa shape index (κ1) is 25.1. The smallest absolute Gasteiger partial charge is 0.416 e. The SMILES string of the molecule is CC1(C)C/C(=C\C(=O)Nc2ccc3c(c2)NC(=O)N(CC2CCCO2)C3)c2ccc(C(F)(F)F)cc2O1. The Labute approximate surface area is 212 Å². The molecular formula is C27H28F3N3O4. The van der Waals surface area contributed by atoms with E-state index in [-0.39, 0.29) is 17.9 Å². The summed E-state index contributed by atoms with van der Waals surface area (Å²) < 4.78 is 51.0. The van der Waals surface area contributed by atoms with Crippen molar-refractivity contribution in [3.05, 3.63) is 59.2 Å². The van der Waals surface area contributed by atoms with Crippen LogP contribution in [-0.4, -0.2) is 41.7 Å². The zero-order valence-corrected chi connectivity index (χ0v) is 20.6. The average molecular weight is 516 g/mol. The molecule has 5 rings (SSSR count). The number of benzene rings is 2. The number of carbonyl (C=O) groups is 2. The topological polar surface area (TPSA) is 79.9 Å². The van der Waals surface area contributed by atoms with Crippen LogP contribution in [0.15, 0.2) is 42.5 Å². The first-order valence-electron chi connectivity index (χ1n) is 12.2. The molecule has 0 aromatic heterocycles. The van der Waals surface area contributed by atoms with Crippen LogP contribution in [0.3, 0.4) is 0 Å². The van der Waals surface area contributed by atoms with Gasteiger partial charge in [0.2, 0.25) is 5.91 Å². The summed E-state index contributed by atoms with van der Waals surface area (Å²) in [4.78, 5) is 27.2. The van der Waals surface area contributed by atoms with Gasteiger partial charge in [0.15, 0.2) is 0 Å². The number of hydrogen-bond donors (Lipinski definition) is 2. The molecule has 1 atom stereocenters. The standard InChI is InChI=1S/C27H28F3N3O4/c1-26(2)13-17(21-8-6-18(27(28,29)30)11-23(21)37-26)10-24(34)31-19-7-5-16-14-33(15-20-4-3-9-36-20)25(35)32-22(16)12-19/h5-8,10-12,20H,3-4,9,13-15H2,1-2H3,(H,31,34)(H,32,35)/b17-10+. The van der Waals surface area contributed by atoms with Gasteiger partial charge in [-0.2, -0.15) is 13.2 Å². The third kappa shape index (κ3) is 5.58. The number of halogens is 3. The Kier molecular flexibility index (Phi) is 6.39. The highest BCUT2D eigenvalue weighted by Gasteiger charge is 2.35. The monoisotopic (exact) mass is 515 g/mol. The van der Waals surface area contributed by atoms with Crippen molar-refractivity contribution in [1.82, 2.24) is 4.90 Å². The highest BCUT2D eigenvalue weighted by atomic mass is 19.4. The van der Waals surface area contributed by atoms with Gasteiger partial charge in [-0.05, 0) is 62.1 Å². The minimum atomic E-state index is -4.50. The van der Waals surface area contributed by atoms with Crippen LogP contribution in [0.25, 0.3) is 5.57 Å². The van der Waals surface area contributed by atoms with E-state index in [9.17, 15) is 22.8 Å². The highest BCUT2D eigenvalue weighted by Crippen LogP contribution is 2.43. The second-order valence-electron chi connectivity index (χ2n) is 10.2. The number of hydrogen-bond acceptors (Lipinski definition) is 4. The second kappa shape index (κ2) is 9.41. The minimum Gasteiger partial charge on any atom is -0.487 e. The molecule has 0 saturated carbocycles. The lowest BCUT2D eigenvalue weighted by atomic mass is 9.88. The first-order valence-corrected chi connectivity index (χ1v) is 12.2. The summed E-state index contributed by atoms with van der Waals surface area (Å²) in [6, 6.07) is 8.39. The molecule has 1 fully saturated rings. The largest absolute Gasteiger partial charge is 0.487 e. The number of fused-ring (bicyclic) bond motifs is 2. The number of carbonyl (C=O) groups excluding carboxylic acids is 2. The summed E-state index contributed by atoms with van der Waals surface area (Å²) in [5, 5.41) is 5.67. The van der Waals surface area contributed by atoms with Crippen LogP contribution in [0.4, 0.5) is 29.3 Å². The van der Waals surface area contributed by atoms with Crippen molar-refractivity contribution in [3.63, 3.8) is 0 Å². The Morgan fingerprint density at radius 1 is 1.24 bits per heavy atom. The Morgan fingerprint density at radius 2 is 2.05 bits per heavy atom. The molecule has 2 aromatic carbocycles. The number of urea groups is 1. The Balaban J connectivity index is 1.32. The number of rotatable bonds is 4. The van der Waals surface area contributed by atoms with Crippen molar-refractivity contribution in [2.75, 3.05) is 23.8 Å². The zero-order valence-electron chi connectivity index (χ0n) is 20.6. The van der Waals surface area contributed by atoms with Gasteiger partial charge < -0.3 is 25.0 Å². The zero-order chi connectivity index (χ0) is 26.4. The lowest BCUT2D eigenvalue weighted by Gasteiger charge is -2.34. The average Bonchev–Trinajstić information content (AvgIpc) is 3.31. The third-order valence-corrected chi connectivity index (χ3v) is 6.68. The maximum atomic E-state index is 13.2. The van der Waals surface area contributed by atoms with E-state index in [0.717, 1.165) is 37.1 Å². The highest BCUT2D eigenvalue weighted by molar-refractivity contribution is 6.05. The molecule has 37 heavy (non-hydrogen) atoms. The van der Waals surface area contributed by atoms with Crippen molar-refractivity contribution < 1.29 is 32.2 Å². The van der Waals surface area contributed by atoms with Gasteiger partial charge in [-0.1, -0.05) is 12.1 Å². The van der Waals surface area contributed by atoms with E-state index in [1.54, 1.807) is 30.9 Å². The molecule has 0 bridgehead atoms. The van der Waals surface area contributed by atoms with Crippen LogP contribution in [0.1, 0.15) is 49.8 Å². The predicted molar refractivity (Wildman–Crippen MR) is 132 cm³/mol. The van der Waals surface area contributed by atoms with E-state index in [0.29, 0.717) is 42.0 Å². The number of anilines is 2. The van der Waals surface area contributed by atoms with E-state index in [2.05, 4.69) is 10.6 Å². The lowest BCUT2D eigenvalue weighted by molar-refractivity contribution is -0.137. The molecule has 2 aromatic rings. The fourth-order valence-electron chi connectivity index (χ4n) is 4.96. The van der Waals surface area contributed by atoms with Gasteiger partial charge in [0, 0.05) is 49.1 Å². The molecule has 3 aliphatic heterocycles. The van der Waals surface area contributed by atoms with E-state index >= 15 is 0 Å². The normalized spacial score (nSPS) is 21.6. The maximum absolute atomic E-state index is 13.2. The molecule has 0 aliphatic carbocycles. The van der Waals surface area contributed by atoms with Gasteiger partial charge in [-0.3, -0.25) is 4.79 Å². The summed E-state index contributed by atoms with van der Waals surface area (Å²) in [5.74, 6) is -0.338. The van der Waals surface area contributed by atoms with Crippen LogP contribution < -0.4 is 15.4 Å². The summed E-state index contributed by atoms with van der Waals surface area (Å²) in [7, 11) is 0. The van der Waals surface area contributed by atoms with Crippen LogP contribution in [0.2, 0.25) is 0 Å². The van der Waals surface area contributed by atoms with Gasteiger partial charge in [-0.15, -0.1) is 0 Å². The molecule has 7 nitrogen and oxygen atoms in total. The number of nitrogens with zero attached hydrogens (tertiary/aromatic N) is 1. The van der Waals surface area contributed by atoms with Crippen molar-refractivity contribution in [3.8, 4) is 5.75 Å². The van der Waals surface area contributed by atoms with E-state index < -0.39 is 23.2 Å². The van der Waals surface area contributed by atoms with Crippen LogP contribution >= 0.6 is 0 Å². The quantitative estimate of drug-likeness (QED) is 0.504. The Morgan fingerprint density at radius 3 is 2.78 bits per heavy atom. The Hall–Kier alpha value is -3.53. The van der Waals surface area contributed by atoms with E-state index in [1.165, 1.54) is 12.1 Å². The number of alkyl halides is 3. The van der Waals surface area contributed by atoms with Gasteiger partial charge in [0.25, 0.3) is 0 Å². The number of amides is 3. The molecule has 1 saturated heterocycles. The van der Waals surface area contributed by atoms with Crippen LogP contribution in [0, 0.1) is 0 Å². The summed E-state index contributed by atoms with van der Waals surface area (Å²) >= 11 is 0. The number of nitrogens with one attached hydrogen (secondary N) is 2. The Bertz CT molecular complexity index is 1270. The molecule has 2 N–H and O–H groups in total. The minimum absolute atomic E-state index is 0.0549. The molecule has 0 radical (unpaired) electrons. The second-order valence-corrected chi connectivity index (χ2v) is 10.2. The van der Waals surface area contributed by atoms with E-state index in [1.807, 2.05) is 6.07 Å². The molecule has 10 heteroatoms. The van der Waals surface area contributed by atoms with Gasteiger partial charge in [0.05, 0.1) is 11.7 Å². The summed E-state index contributed by atoms with van der Waals surface area (Å²) in [6.07, 6.45) is -0.768. The van der Waals surface area contributed by atoms with Crippen LogP contribution in [-0.2, 0) is 22.3 Å². The molecule has 0 spiro atoms. The fraction of sp³-hybridized carbons (Fsp3) is 0.407. The van der Waals surface area contributed by atoms with Crippen LogP contribution in [0.5, 0.6) is 5.75 Å². The van der Waals surface area contributed by atoms with Gasteiger partial charge in [-0.25, -0.2) is 4.79 Å². The van der Waals surface area contributed by atoms with Gasteiger partial charge in [0.1, 0.15) is 11.4 Å². The first-order chi connectivity index (χ1) is 17.5. The molecule has 3 amide bonds. The predicted octanol–water partition coefficient (Wildman–Crippen LogP) is 5.82. The fourth-order valence-corrected chi connectivity index (χ4v) is 4.96. The molecule has 3 heterocycles. The van der Waals surface area contributed by atoms with E-state index in [4.69, 9.17) is 9.47 Å². The molecule has 1 unspecified atom stereocenters. The van der Waals surface area contributed by atoms with Crippen molar-refractivity contribution in [2.45, 2.75) is 57.5 Å². The molecule has 196 valence electrons. The summed E-state index contributed by atoms with van der Waals surface area (Å²) in [6.45, 7) is 5.22. The molecule has 3 aliphatic rings. The van der Waals surface area contributed by atoms with Crippen molar-refractivity contribution in [2.24, 2.45) is 0 Å². The number of ether oxygens (including phenoxy) is 2. The van der Waals surface area contributed by atoms with Gasteiger partial charge >= 0.3 is 12.2 Å². The molecular weight excluding hydrogens is 487 g/mol. The van der Waals surface area contributed by atoms with Crippen molar-refractivity contribution >= 4 is 28.9 Å². The summed E-state index contributed by atoms with van der Waals surface area (Å²) in [5.41, 5.74) is 1.48. The maximum Gasteiger partial charge on any atom is 0.416 e.